The zero-order valence-electron chi connectivity index (χ0n) is 24.0. The topological polar surface area (TPSA) is 83.0 Å². The quantitative estimate of drug-likeness (QED) is 0.0823. The molecule has 4 N–H and O–H groups in total. The van der Waals surface area contributed by atoms with Gasteiger partial charge in [-0.05, 0) is 70.8 Å². The van der Waals surface area contributed by atoms with E-state index in [1.165, 1.54) is 0 Å². The van der Waals surface area contributed by atoms with Crippen LogP contribution in [0.5, 0.6) is 0 Å². The van der Waals surface area contributed by atoms with Crippen LogP contribution in [-0.4, -0.2) is 61.8 Å². The first kappa shape index (κ1) is 35.4. The molecule has 4 rings (SSSR count). The third-order valence-electron chi connectivity index (χ3n) is 6.84. The van der Waals surface area contributed by atoms with Gasteiger partial charge in [-0.2, -0.15) is 0 Å². The van der Waals surface area contributed by atoms with Crippen molar-refractivity contribution in [3.8, 4) is 0 Å². The van der Waals surface area contributed by atoms with E-state index in [1.807, 2.05) is 97.1 Å². The average molecular weight is 856 g/mol. The summed E-state index contributed by atoms with van der Waals surface area (Å²) in [6.07, 6.45) is -1.92. The Hall–Kier alpha value is -1.44. The molecule has 0 amide bonds. The highest BCUT2D eigenvalue weighted by Gasteiger charge is 2.18. The lowest BCUT2D eigenvalue weighted by Crippen LogP contribution is -2.38. The normalized spacial score (nSPS) is 13.0. The van der Waals surface area contributed by atoms with Gasteiger partial charge in [0.25, 0.3) is 0 Å². The molecule has 0 aliphatic rings. The summed E-state index contributed by atoms with van der Waals surface area (Å²) in [5, 5.41) is 27.7. The van der Waals surface area contributed by atoms with E-state index in [2.05, 4.69) is 74.4 Å². The van der Waals surface area contributed by atoms with Crippen LogP contribution < -0.4 is 10.6 Å². The molecule has 0 aromatic heterocycles. The molecule has 0 aliphatic carbocycles. The van der Waals surface area contributed by atoms with Gasteiger partial charge in [-0.25, -0.2) is 0 Å². The number of nitrogens with one attached hydrogen (secondary N) is 2. The van der Waals surface area contributed by atoms with E-state index in [0.29, 0.717) is 26.2 Å². The van der Waals surface area contributed by atoms with Gasteiger partial charge in [0, 0.05) is 44.1 Å². The van der Waals surface area contributed by atoms with Gasteiger partial charge in [-0.3, -0.25) is 0 Å². The van der Waals surface area contributed by atoms with E-state index in [9.17, 15) is 10.2 Å². The van der Waals surface area contributed by atoms with E-state index in [0.717, 1.165) is 40.1 Å². The van der Waals surface area contributed by atoms with Crippen LogP contribution in [0.15, 0.2) is 115 Å². The Balaban J connectivity index is 1.16. The van der Waals surface area contributed by atoms with Crippen molar-refractivity contribution in [2.45, 2.75) is 24.4 Å². The summed E-state index contributed by atoms with van der Waals surface area (Å²) in [7, 11) is 0. The number of hydrogen-bond donors (Lipinski definition) is 4. The summed E-state index contributed by atoms with van der Waals surface area (Å²) in [6, 6.07) is 32.1. The lowest BCUT2D eigenvalue weighted by Gasteiger charge is -2.22. The monoisotopic (exact) mass is 852 g/mol. The number of rotatable bonds is 17. The SMILES string of the molecule is O[C@H](CNCCNC[C@@H](O)COC(c1ccc(Br)cc1)c1ccc(Br)cc1)COC(c1ccc(Br)cc1)c1ccc(Br)cc1. The van der Waals surface area contributed by atoms with Crippen molar-refractivity contribution < 1.29 is 19.7 Å². The minimum atomic E-state index is -0.670. The molecular formula is C34H36Br4N2O4. The van der Waals surface area contributed by atoms with Gasteiger partial charge in [-0.15, -0.1) is 0 Å². The molecule has 0 aliphatic heterocycles. The molecule has 234 valence electrons. The molecule has 0 fully saturated rings. The van der Waals surface area contributed by atoms with Crippen LogP contribution in [0.4, 0.5) is 0 Å². The molecule has 0 saturated carbocycles. The summed E-state index contributed by atoms with van der Waals surface area (Å²) in [4.78, 5) is 0. The molecule has 0 unspecified atom stereocenters. The van der Waals surface area contributed by atoms with Gasteiger partial charge >= 0.3 is 0 Å². The molecular weight excluding hydrogens is 820 g/mol. The largest absolute Gasteiger partial charge is 0.389 e. The maximum atomic E-state index is 10.6. The molecule has 6 nitrogen and oxygen atoms in total. The maximum Gasteiger partial charge on any atom is 0.108 e. The van der Waals surface area contributed by atoms with E-state index in [1.54, 1.807) is 0 Å². The fraction of sp³-hybridized carbons (Fsp3) is 0.294. The van der Waals surface area contributed by atoms with Crippen molar-refractivity contribution >= 4 is 63.7 Å². The van der Waals surface area contributed by atoms with Gasteiger partial charge in [0.2, 0.25) is 0 Å². The Kier molecular flexibility index (Phi) is 15.0. The Bertz CT molecular complexity index is 1190. The van der Waals surface area contributed by atoms with E-state index in [-0.39, 0.29) is 25.4 Å². The molecule has 4 aromatic rings. The highest BCUT2D eigenvalue weighted by Crippen LogP contribution is 2.30. The van der Waals surface area contributed by atoms with Crippen LogP contribution in [0.2, 0.25) is 0 Å². The Morgan fingerprint density at radius 1 is 0.455 bits per heavy atom. The second-order valence-corrected chi connectivity index (χ2v) is 14.0. The zero-order chi connectivity index (χ0) is 31.3. The zero-order valence-corrected chi connectivity index (χ0v) is 30.4. The summed E-state index contributed by atoms with van der Waals surface area (Å²) in [5.41, 5.74) is 4.06. The van der Waals surface area contributed by atoms with Crippen LogP contribution in [-0.2, 0) is 9.47 Å². The number of benzene rings is 4. The van der Waals surface area contributed by atoms with Crippen LogP contribution in [0.1, 0.15) is 34.5 Å². The lowest BCUT2D eigenvalue weighted by atomic mass is 10.0. The molecule has 0 radical (unpaired) electrons. The second kappa shape index (κ2) is 18.6. The van der Waals surface area contributed by atoms with E-state index < -0.39 is 12.2 Å². The first-order chi connectivity index (χ1) is 21.3. The van der Waals surface area contributed by atoms with Crippen molar-refractivity contribution in [2.75, 3.05) is 39.4 Å². The predicted molar refractivity (Wildman–Crippen MR) is 190 cm³/mol. The van der Waals surface area contributed by atoms with Crippen LogP contribution >= 0.6 is 63.7 Å². The number of ether oxygens (including phenoxy) is 2. The molecule has 2 atom stereocenters. The summed E-state index contributed by atoms with van der Waals surface area (Å²) in [5.74, 6) is 0. The third-order valence-corrected chi connectivity index (χ3v) is 8.95. The van der Waals surface area contributed by atoms with Gasteiger partial charge in [0.1, 0.15) is 12.2 Å². The highest BCUT2D eigenvalue weighted by molar-refractivity contribution is 9.11. The van der Waals surface area contributed by atoms with Gasteiger partial charge < -0.3 is 30.3 Å². The molecule has 0 heterocycles. The van der Waals surface area contributed by atoms with Gasteiger partial charge in [-0.1, -0.05) is 112 Å². The van der Waals surface area contributed by atoms with Crippen molar-refractivity contribution in [1.82, 2.24) is 10.6 Å². The summed E-state index contributed by atoms with van der Waals surface area (Å²) >= 11 is 14.0. The molecule has 44 heavy (non-hydrogen) atoms. The van der Waals surface area contributed by atoms with Crippen LogP contribution in [0, 0.1) is 0 Å². The fourth-order valence-corrected chi connectivity index (χ4v) is 5.62. The number of aliphatic hydroxyl groups excluding tert-OH is 2. The lowest BCUT2D eigenvalue weighted by molar-refractivity contribution is 0.00545. The fourth-order valence-electron chi connectivity index (χ4n) is 4.57. The van der Waals surface area contributed by atoms with E-state index in [4.69, 9.17) is 9.47 Å². The Labute approximate surface area is 293 Å². The van der Waals surface area contributed by atoms with E-state index >= 15 is 0 Å². The molecule has 0 saturated heterocycles. The molecule has 4 aromatic carbocycles. The predicted octanol–water partition coefficient (Wildman–Crippen LogP) is 7.55. The highest BCUT2D eigenvalue weighted by atomic mass is 79.9. The minimum Gasteiger partial charge on any atom is -0.389 e. The second-order valence-electron chi connectivity index (χ2n) is 10.3. The van der Waals surface area contributed by atoms with Gasteiger partial charge in [0.05, 0.1) is 25.4 Å². The van der Waals surface area contributed by atoms with Crippen molar-refractivity contribution in [3.05, 3.63) is 137 Å². The molecule has 10 heteroatoms. The average Bonchev–Trinajstić information content (AvgIpc) is 3.02. The minimum absolute atomic E-state index is 0.186. The summed E-state index contributed by atoms with van der Waals surface area (Å²) < 4.78 is 16.4. The van der Waals surface area contributed by atoms with Crippen molar-refractivity contribution in [1.29, 1.82) is 0 Å². The van der Waals surface area contributed by atoms with Crippen LogP contribution in [0.25, 0.3) is 0 Å². The summed E-state index contributed by atoms with van der Waals surface area (Å²) in [6.45, 7) is 2.42. The first-order valence-corrected chi connectivity index (χ1v) is 17.5. The Morgan fingerprint density at radius 2 is 0.705 bits per heavy atom. The Morgan fingerprint density at radius 3 is 0.955 bits per heavy atom. The van der Waals surface area contributed by atoms with Gasteiger partial charge in [0.15, 0.2) is 0 Å². The number of aliphatic hydroxyl groups is 2. The molecule has 0 spiro atoms. The maximum absolute atomic E-state index is 10.6. The van der Waals surface area contributed by atoms with Crippen molar-refractivity contribution in [2.24, 2.45) is 0 Å². The standard InChI is InChI=1S/C34H36Br4N2O4/c35-27-9-1-23(2-10-27)33(24-3-11-28(36)12-4-24)43-21-31(41)19-39-17-18-40-20-32(42)22-44-34(25-5-13-29(37)14-6-25)26-7-15-30(38)16-8-26/h1-16,31-34,39-42H,17-22H2/t31-,32-/m1/s1. The van der Waals surface area contributed by atoms with Crippen molar-refractivity contribution in [3.63, 3.8) is 0 Å². The smallest absolute Gasteiger partial charge is 0.108 e. The number of hydrogen-bond acceptors (Lipinski definition) is 6. The number of halogens is 4. The molecule has 0 bridgehead atoms. The third kappa shape index (κ3) is 11.7. The first-order valence-electron chi connectivity index (χ1n) is 14.3. The van der Waals surface area contributed by atoms with Crippen LogP contribution in [0.3, 0.4) is 0 Å².